The van der Waals surface area contributed by atoms with Crippen LogP contribution in [0, 0.1) is 0 Å². The van der Waals surface area contributed by atoms with E-state index in [-0.39, 0.29) is 12.5 Å². The van der Waals surface area contributed by atoms with Gasteiger partial charge >= 0.3 is 0 Å². The quantitative estimate of drug-likeness (QED) is 0.860. The van der Waals surface area contributed by atoms with Gasteiger partial charge < -0.3 is 14.7 Å². The lowest BCUT2D eigenvalue weighted by Gasteiger charge is -2.21. The molecule has 0 heterocycles. The van der Waals surface area contributed by atoms with Crippen LogP contribution in [0.15, 0.2) is 24.3 Å². The van der Waals surface area contributed by atoms with Gasteiger partial charge in [0, 0.05) is 25.2 Å². The van der Waals surface area contributed by atoms with Crippen molar-refractivity contribution in [3.63, 3.8) is 0 Å². The number of ether oxygens (including phenoxy) is 1. The fourth-order valence-electron chi connectivity index (χ4n) is 1.50. The van der Waals surface area contributed by atoms with E-state index in [9.17, 15) is 4.79 Å². The highest BCUT2D eigenvalue weighted by Crippen LogP contribution is 2.17. The maximum Gasteiger partial charge on any atom is 0.263 e. The second-order valence-corrected chi connectivity index (χ2v) is 4.49. The summed E-state index contributed by atoms with van der Waals surface area (Å²) < 4.78 is 5.52. The molecule has 1 aromatic rings. The van der Waals surface area contributed by atoms with E-state index >= 15 is 0 Å². The number of nitrogens with zero attached hydrogens (tertiary/aromatic N) is 1. The molecule has 0 aliphatic rings. The van der Waals surface area contributed by atoms with Crippen LogP contribution in [-0.4, -0.2) is 42.2 Å². The minimum Gasteiger partial charge on any atom is -0.481 e. The molecule has 0 fully saturated rings. The van der Waals surface area contributed by atoms with E-state index in [4.69, 9.17) is 21.4 Å². The molecule has 0 spiro atoms. The lowest BCUT2D eigenvalue weighted by Crippen LogP contribution is -2.38. The number of aliphatic hydroxyl groups is 1. The Morgan fingerprint density at radius 1 is 1.44 bits per heavy atom. The second kappa shape index (κ2) is 7.24. The highest BCUT2D eigenvalue weighted by molar-refractivity contribution is 6.30. The number of benzene rings is 1. The lowest BCUT2D eigenvalue weighted by molar-refractivity contribution is -0.136. The van der Waals surface area contributed by atoms with Crippen molar-refractivity contribution < 1.29 is 14.6 Å². The van der Waals surface area contributed by atoms with E-state index in [0.29, 0.717) is 23.7 Å². The number of likely N-dealkylation sites (N-methyl/N-ethyl adjacent to an activating group) is 1. The third-order valence-corrected chi connectivity index (χ3v) is 2.75. The molecule has 5 heteroatoms. The van der Waals surface area contributed by atoms with Gasteiger partial charge in [-0.1, -0.05) is 11.6 Å². The van der Waals surface area contributed by atoms with Crippen LogP contribution >= 0.6 is 11.6 Å². The summed E-state index contributed by atoms with van der Waals surface area (Å²) in [4.78, 5) is 13.5. The van der Waals surface area contributed by atoms with Crippen LogP contribution in [0.2, 0.25) is 5.02 Å². The summed E-state index contributed by atoms with van der Waals surface area (Å²) >= 11 is 5.76. The van der Waals surface area contributed by atoms with E-state index in [2.05, 4.69) is 0 Å². The largest absolute Gasteiger partial charge is 0.481 e. The average Bonchev–Trinajstić information content (AvgIpc) is 2.37. The third kappa shape index (κ3) is 4.55. The van der Waals surface area contributed by atoms with Crippen LogP contribution < -0.4 is 4.74 Å². The highest BCUT2D eigenvalue weighted by atomic mass is 35.5. The Balaban J connectivity index is 2.51. The van der Waals surface area contributed by atoms with Crippen LogP contribution in [0.5, 0.6) is 5.75 Å². The summed E-state index contributed by atoms with van der Waals surface area (Å²) in [6.45, 7) is 2.29. The molecule has 4 nitrogen and oxygen atoms in total. The highest BCUT2D eigenvalue weighted by Gasteiger charge is 2.18. The van der Waals surface area contributed by atoms with Crippen molar-refractivity contribution in [1.82, 2.24) is 4.90 Å². The minimum absolute atomic E-state index is 0.0735. The summed E-state index contributed by atoms with van der Waals surface area (Å²) in [5.41, 5.74) is 0. The SMILES string of the molecule is CC(Oc1ccc(Cl)cc1)C(=O)N(C)CCCO. The summed E-state index contributed by atoms with van der Waals surface area (Å²) in [6.07, 6.45) is 0.00507. The fraction of sp³-hybridized carbons (Fsp3) is 0.462. The Bertz CT molecular complexity index is 380. The number of halogens is 1. The van der Waals surface area contributed by atoms with E-state index in [0.717, 1.165) is 0 Å². The molecule has 18 heavy (non-hydrogen) atoms. The monoisotopic (exact) mass is 271 g/mol. The van der Waals surface area contributed by atoms with Gasteiger partial charge in [0.2, 0.25) is 0 Å². The molecule has 1 atom stereocenters. The molecule has 0 aromatic heterocycles. The molecule has 0 saturated heterocycles. The molecule has 1 rings (SSSR count). The number of hydrogen-bond acceptors (Lipinski definition) is 3. The van der Waals surface area contributed by atoms with E-state index in [1.54, 1.807) is 43.1 Å². The van der Waals surface area contributed by atoms with Crippen molar-refractivity contribution in [1.29, 1.82) is 0 Å². The maximum absolute atomic E-state index is 11.9. The Morgan fingerprint density at radius 3 is 2.61 bits per heavy atom. The zero-order chi connectivity index (χ0) is 13.5. The zero-order valence-electron chi connectivity index (χ0n) is 10.6. The van der Waals surface area contributed by atoms with Gasteiger partial charge in [0.1, 0.15) is 5.75 Å². The van der Waals surface area contributed by atoms with Crippen molar-refractivity contribution >= 4 is 17.5 Å². The minimum atomic E-state index is -0.560. The van der Waals surface area contributed by atoms with Gasteiger partial charge in [-0.15, -0.1) is 0 Å². The van der Waals surface area contributed by atoms with Gasteiger partial charge in [-0.25, -0.2) is 0 Å². The molecule has 0 radical (unpaired) electrons. The number of amides is 1. The molecule has 0 bridgehead atoms. The molecular weight excluding hydrogens is 254 g/mol. The van der Waals surface area contributed by atoms with E-state index < -0.39 is 6.10 Å². The Kier molecular flexibility index (Phi) is 5.95. The third-order valence-electron chi connectivity index (χ3n) is 2.50. The predicted molar refractivity (Wildman–Crippen MR) is 70.9 cm³/mol. The first kappa shape index (κ1) is 14.8. The standard InChI is InChI=1S/C13H18ClNO3/c1-10(13(17)15(2)8-3-9-16)18-12-6-4-11(14)5-7-12/h4-7,10,16H,3,8-9H2,1-2H3. The van der Waals surface area contributed by atoms with Gasteiger partial charge in [0.15, 0.2) is 6.10 Å². The van der Waals surface area contributed by atoms with Crippen LogP contribution in [0.4, 0.5) is 0 Å². The molecule has 0 saturated carbocycles. The van der Waals surface area contributed by atoms with Gasteiger partial charge in [0.25, 0.3) is 5.91 Å². The van der Waals surface area contributed by atoms with Crippen molar-refractivity contribution in [3.05, 3.63) is 29.3 Å². The first-order valence-corrected chi connectivity index (χ1v) is 6.20. The summed E-state index contributed by atoms with van der Waals surface area (Å²) in [6, 6.07) is 6.87. The predicted octanol–water partition coefficient (Wildman–Crippen LogP) is 1.95. The fourth-order valence-corrected chi connectivity index (χ4v) is 1.62. The molecule has 1 N–H and O–H groups in total. The van der Waals surface area contributed by atoms with Crippen molar-refractivity contribution in [3.8, 4) is 5.75 Å². The summed E-state index contributed by atoms with van der Waals surface area (Å²) in [5.74, 6) is 0.495. The van der Waals surface area contributed by atoms with Gasteiger partial charge in [-0.2, -0.15) is 0 Å². The molecular formula is C13H18ClNO3. The van der Waals surface area contributed by atoms with Crippen LogP contribution in [0.3, 0.4) is 0 Å². The molecule has 1 amide bonds. The second-order valence-electron chi connectivity index (χ2n) is 4.05. The average molecular weight is 272 g/mol. The van der Waals surface area contributed by atoms with E-state index in [1.165, 1.54) is 0 Å². The number of hydrogen-bond donors (Lipinski definition) is 1. The lowest BCUT2D eigenvalue weighted by atomic mass is 10.3. The number of rotatable bonds is 6. The normalized spacial score (nSPS) is 12.0. The van der Waals surface area contributed by atoms with Crippen molar-refractivity contribution in [2.24, 2.45) is 0 Å². The first-order chi connectivity index (χ1) is 8.54. The number of carbonyl (C=O) groups is 1. The molecule has 100 valence electrons. The van der Waals surface area contributed by atoms with Crippen molar-refractivity contribution in [2.75, 3.05) is 20.2 Å². The summed E-state index contributed by atoms with van der Waals surface area (Å²) in [5, 5.41) is 9.34. The first-order valence-electron chi connectivity index (χ1n) is 5.82. The number of carbonyl (C=O) groups excluding carboxylic acids is 1. The van der Waals surface area contributed by atoms with Gasteiger partial charge in [0.05, 0.1) is 0 Å². The number of aliphatic hydroxyl groups excluding tert-OH is 1. The van der Waals surface area contributed by atoms with Crippen molar-refractivity contribution in [2.45, 2.75) is 19.4 Å². The van der Waals surface area contributed by atoms with E-state index in [1.807, 2.05) is 0 Å². The van der Waals surface area contributed by atoms with Crippen LogP contribution in [-0.2, 0) is 4.79 Å². The summed E-state index contributed by atoms with van der Waals surface area (Å²) in [7, 11) is 1.69. The molecule has 0 aliphatic carbocycles. The Labute approximate surface area is 112 Å². The van der Waals surface area contributed by atoms with Crippen LogP contribution in [0.25, 0.3) is 0 Å². The Hall–Kier alpha value is -1.26. The Morgan fingerprint density at radius 2 is 2.06 bits per heavy atom. The smallest absolute Gasteiger partial charge is 0.263 e. The molecule has 1 aromatic carbocycles. The van der Waals surface area contributed by atoms with Crippen LogP contribution in [0.1, 0.15) is 13.3 Å². The van der Waals surface area contributed by atoms with Gasteiger partial charge in [-0.05, 0) is 37.6 Å². The van der Waals surface area contributed by atoms with Gasteiger partial charge in [-0.3, -0.25) is 4.79 Å². The zero-order valence-corrected chi connectivity index (χ0v) is 11.4. The molecule has 0 aliphatic heterocycles. The maximum atomic E-state index is 11.9. The molecule has 1 unspecified atom stereocenters. The topological polar surface area (TPSA) is 49.8 Å².